The molecule has 5 rings (SSSR count). The van der Waals surface area contributed by atoms with Gasteiger partial charge in [-0.15, -0.1) is 0 Å². The molecule has 1 N–H and O–H groups in total. The SMILES string of the molecule is O=S(=O)(c1ccc2cccnc2c1)n1cc(C2=CCNCC2)c2cc(Cl)ccc21. The Kier molecular flexibility index (Phi) is 4.42. The van der Waals surface area contributed by atoms with Gasteiger partial charge in [-0.25, -0.2) is 12.4 Å². The normalized spacial score (nSPS) is 15.0. The lowest BCUT2D eigenvalue weighted by Gasteiger charge is -2.13. The molecule has 0 bridgehead atoms. The summed E-state index contributed by atoms with van der Waals surface area (Å²) in [6.07, 6.45) is 6.32. The van der Waals surface area contributed by atoms with Crippen molar-refractivity contribution in [3.8, 4) is 0 Å². The standard InChI is InChI=1S/C22H18ClN3O2S/c23-17-4-6-22-19(12-17)20(15-7-10-24-11-8-15)14-26(22)29(27,28)18-5-3-16-2-1-9-25-21(16)13-18/h1-7,9,12-14,24H,8,10-11H2. The van der Waals surface area contributed by atoms with Crippen molar-refractivity contribution in [2.24, 2.45) is 0 Å². The van der Waals surface area contributed by atoms with Crippen molar-refractivity contribution in [2.75, 3.05) is 13.1 Å². The molecule has 0 aliphatic carbocycles. The van der Waals surface area contributed by atoms with Crippen LogP contribution in [0.1, 0.15) is 12.0 Å². The van der Waals surface area contributed by atoms with Gasteiger partial charge in [-0.2, -0.15) is 0 Å². The minimum absolute atomic E-state index is 0.210. The van der Waals surface area contributed by atoms with E-state index in [0.717, 1.165) is 41.4 Å². The summed E-state index contributed by atoms with van der Waals surface area (Å²) < 4.78 is 28.4. The predicted molar refractivity (Wildman–Crippen MR) is 117 cm³/mol. The molecule has 5 nitrogen and oxygen atoms in total. The van der Waals surface area contributed by atoms with Crippen molar-refractivity contribution >= 4 is 49.0 Å². The number of nitrogens with zero attached hydrogens (tertiary/aromatic N) is 2. The van der Waals surface area contributed by atoms with Gasteiger partial charge >= 0.3 is 0 Å². The predicted octanol–water partition coefficient (Wildman–Crippen LogP) is 4.46. The Morgan fingerprint density at radius 3 is 2.83 bits per heavy atom. The van der Waals surface area contributed by atoms with Gasteiger partial charge in [0.15, 0.2) is 0 Å². The van der Waals surface area contributed by atoms with Crippen molar-refractivity contribution in [1.82, 2.24) is 14.3 Å². The number of nitrogens with one attached hydrogen (secondary N) is 1. The van der Waals surface area contributed by atoms with Gasteiger partial charge in [-0.05, 0) is 54.9 Å². The number of pyridine rings is 1. The monoisotopic (exact) mass is 423 g/mol. The van der Waals surface area contributed by atoms with Crippen LogP contribution in [0, 0.1) is 0 Å². The van der Waals surface area contributed by atoms with Crippen LogP contribution in [0.25, 0.3) is 27.4 Å². The molecule has 0 saturated carbocycles. The molecule has 0 atom stereocenters. The van der Waals surface area contributed by atoms with Gasteiger partial charge in [0.25, 0.3) is 10.0 Å². The molecule has 3 heterocycles. The third-order valence-corrected chi connectivity index (χ3v) is 7.18. The molecule has 1 aliphatic rings. The third kappa shape index (κ3) is 3.13. The zero-order chi connectivity index (χ0) is 20.0. The second-order valence-corrected chi connectivity index (χ2v) is 9.30. The molecule has 29 heavy (non-hydrogen) atoms. The van der Waals surface area contributed by atoms with E-state index in [9.17, 15) is 8.42 Å². The zero-order valence-corrected chi connectivity index (χ0v) is 17.0. The van der Waals surface area contributed by atoms with Crippen molar-refractivity contribution in [2.45, 2.75) is 11.3 Å². The summed E-state index contributed by atoms with van der Waals surface area (Å²) in [7, 11) is -3.80. The maximum absolute atomic E-state index is 13.5. The van der Waals surface area contributed by atoms with Crippen molar-refractivity contribution in [3.63, 3.8) is 0 Å². The first kappa shape index (κ1) is 18.4. The van der Waals surface area contributed by atoms with Crippen LogP contribution in [0.15, 0.2) is 71.9 Å². The maximum atomic E-state index is 13.5. The molecular weight excluding hydrogens is 406 g/mol. The summed E-state index contributed by atoms with van der Waals surface area (Å²) in [6.45, 7) is 1.63. The number of aromatic nitrogens is 2. The van der Waals surface area contributed by atoms with Gasteiger partial charge in [0.05, 0.1) is 15.9 Å². The first-order valence-electron chi connectivity index (χ1n) is 9.35. The Morgan fingerprint density at radius 1 is 1.10 bits per heavy atom. The topological polar surface area (TPSA) is 64.0 Å². The summed E-state index contributed by atoms with van der Waals surface area (Å²) in [4.78, 5) is 4.50. The quantitative estimate of drug-likeness (QED) is 0.528. The first-order chi connectivity index (χ1) is 14.0. The molecule has 2 aromatic heterocycles. The summed E-state index contributed by atoms with van der Waals surface area (Å²) in [5, 5.41) is 5.61. The molecule has 0 unspecified atom stereocenters. The van der Waals surface area contributed by atoms with Crippen LogP contribution in [0.5, 0.6) is 0 Å². The highest BCUT2D eigenvalue weighted by Gasteiger charge is 2.23. The smallest absolute Gasteiger partial charge is 0.268 e. The fraction of sp³-hybridized carbons (Fsp3) is 0.136. The molecule has 0 amide bonds. The lowest BCUT2D eigenvalue weighted by Crippen LogP contribution is -2.20. The average Bonchev–Trinajstić information content (AvgIpc) is 3.13. The molecule has 1 aliphatic heterocycles. The molecule has 0 saturated heterocycles. The molecule has 7 heteroatoms. The number of rotatable bonds is 3. The number of hydrogen-bond acceptors (Lipinski definition) is 4. The average molecular weight is 424 g/mol. The van der Waals surface area contributed by atoms with Crippen LogP contribution in [-0.2, 0) is 10.0 Å². The van der Waals surface area contributed by atoms with E-state index in [-0.39, 0.29) is 4.90 Å². The number of halogens is 1. The van der Waals surface area contributed by atoms with E-state index in [4.69, 9.17) is 11.6 Å². The minimum Gasteiger partial charge on any atom is -0.313 e. The Morgan fingerprint density at radius 2 is 2.00 bits per heavy atom. The molecular formula is C22H18ClN3O2S. The molecule has 4 aromatic rings. The Labute approximate surface area is 173 Å². The van der Waals surface area contributed by atoms with Crippen LogP contribution in [0.4, 0.5) is 0 Å². The first-order valence-corrected chi connectivity index (χ1v) is 11.2. The van der Waals surface area contributed by atoms with E-state index in [0.29, 0.717) is 16.1 Å². The zero-order valence-electron chi connectivity index (χ0n) is 15.5. The maximum Gasteiger partial charge on any atom is 0.268 e. The van der Waals surface area contributed by atoms with E-state index < -0.39 is 10.0 Å². The second-order valence-electron chi connectivity index (χ2n) is 7.05. The minimum atomic E-state index is -3.80. The van der Waals surface area contributed by atoms with Gasteiger partial charge < -0.3 is 5.32 Å². The highest BCUT2D eigenvalue weighted by molar-refractivity contribution is 7.90. The number of fused-ring (bicyclic) bond motifs is 2. The van der Waals surface area contributed by atoms with Gasteiger partial charge in [0.1, 0.15) is 0 Å². The highest BCUT2D eigenvalue weighted by atomic mass is 35.5. The molecule has 0 spiro atoms. The third-order valence-electron chi connectivity index (χ3n) is 5.28. The Hall–Kier alpha value is -2.67. The summed E-state index contributed by atoms with van der Waals surface area (Å²) in [5.41, 5.74) is 3.30. The van der Waals surface area contributed by atoms with Crippen molar-refractivity contribution < 1.29 is 8.42 Å². The van der Waals surface area contributed by atoms with E-state index in [1.54, 1.807) is 42.7 Å². The molecule has 0 fully saturated rings. The number of benzene rings is 2. The van der Waals surface area contributed by atoms with Crippen LogP contribution in [0.2, 0.25) is 5.02 Å². The van der Waals surface area contributed by atoms with Crippen molar-refractivity contribution in [3.05, 3.63) is 77.6 Å². The summed E-state index contributed by atoms with van der Waals surface area (Å²) in [5.74, 6) is 0. The fourth-order valence-corrected chi connectivity index (χ4v) is 5.38. The van der Waals surface area contributed by atoms with E-state index in [1.165, 1.54) is 3.97 Å². The van der Waals surface area contributed by atoms with E-state index >= 15 is 0 Å². The summed E-state index contributed by atoms with van der Waals surface area (Å²) in [6, 6.07) is 14.1. The fourth-order valence-electron chi connectivity index (χ4n) is 3.81. The molecule has 0 radical (unpaired) electrons. The number of hydrogen-bond donors (Lipinski definition) is 1. The molecule has 2 aromatic carbocycles. The lowest BCUT2D eigenvalue weighted by atomic mass is 10.00. The largest absolute Gasteiger partial charge is 0.313 e. The second kappa shape index (κ2) is 6.99. The van der Waals surface area contributed by atoms with Crippen LogP contribution in [0.3, 0.4) is 0 Å². The van der Waals surface area contributed by atoms with Crippen LogP contribution >= 0.6 is 11.6 Å². The van der Waals surface area contributed by atoms with E-state index in [1.807, 2.05) is 18.2 Å². The van der Waals surface area contributed by atoms with Gasteiger partial charge in [0.2, 0.25) is 0 Å². The van der Waals surface area contributed by atoms with Gasteiger partial charge in [0, 0.05) is 40.3 Å². The summed E-state index contributed by atoms with van der Waals surface area (Å²) >= 11 is 6.24. The lowest BCUT2D eigenvalue weighted by molar-refractivity contribution is 0.589. The van der Waals surface area contributed by atoms with Gasteiger partial charge in [-0.1, -0.05) is 29.8 Å². The highest BCUT2D eigenvalue weighted by Crippen LogP contribution is 2.34. The van der Waals surface area contributed by atoms with Crippen LogP contribution in [-0.4, -0.2) is 30.5 Å². The van der Waals surface area contributed by atoms with E-state index in [2.05, 4.69) is 16.4 Å². The van der Waals surface area contributed by atoms with Crippen molar-refractivity contribution in [1.29, 1.82) is 0 Å². The van der Waals surface area contributed by atoms with Crippen LogP contribution < -0.4 is 5.32 Å². The Balaban J connectivity index is 1.74. The molecule has 146 valence electrons. The Bertz CT molecular complexity index is 1390. The van der Waals surface area contributed by atoms with Gasteiger partial charge in [-0.3, -0.25) is 4.98 Å².